The number of rotatable bonds is 9. The zero-order valence-corrected chi connectivity index (χ0v) is 28.8. The molecule has 1 saturated carbocycles. The highest BCUT2D eigenvalue weighted by atomic mass is 35.5. The second kappa shape index (κ2) is 12.5. The standard InChI is InChI=1S/C35H48ClN3O2Si/c1-23(2)42(24(3)4,25(5)6)20-19-32(40)39(27-17-18-31(28(36)21-27)41-22-26-15-16-26)33(35(7,8)9)34-37-29-13-11-12-14-30(29)38(34)10/h11-14,17-18,21,23-26,33H,15-16,22H2,1-10H3. The minimum atomic E-state index is -2.15. The average molecular weight is 606 g/mol. The summed E-state index contributed by atoms with van der Waals surface area (Å²) in [6.07, 6.45) is 2.41. The number of carbonyl (C=O) groups is 1. The fourth-order valence-corrected chi connectivity index (χ4v) is 12.0. The molecule has 1 atom stereocenters. The van der Waals surface area contributed by atoms with E-state index in [1.54, 1.807) is 0 Å². The molecule has 5 nitrogen and oxygen atoms in total. The monoisotopic (exact) mass is 605 g/mol. The second-order valence-electron chi connectivity index (χ2n) is 14.0. The van der Waals surface area contributed by atoms with E-state index in [-0.39, 0.29) is 11.3 Å². The van der Waals surface area contributed by atoms with Crippen molar-refractivity contribution < 1.29 is 9.53 Å². The first-order valence-corrected chi connectivity index (χ1v) is 18.0. The van der Waals surface area contributed by atoms with Crippen LogP contribution in [0.5, 0.6) is 5.75 Å². The van der Waals surface area contributed by atoms with Gasteiger partial charge in [-0.15, -0.1) is 5.54 Å². The topological polar surface area (TPSA) is 47.4 Å². The van der Waals surface area contributed by atoms with E-state index >= 15 is 0 Å². The van der Waals surface area contributed by atoms with E-state index < -0.39 is 14.1 Å². The number of nitrogens with zero attached hydrogens (tertiary/aromatic N) is 3. The van der Waals surface area contributed by atoms with E-state index in [1.165, 1.54) is 12.8 Å². The van der Waals surface area contributed by atoms with Gasteiger partial charge in [-0.05, 0) is 77.1 Å². The number of halogens is 1. The van der Waals surface area contributed by atoms with E-state index in [9.17, 15) is 4.79 Å². The Morgan fingerprint density at radius 1 is 1.07 bits per heavy atom. The molecule has 0 N–H and O–H groups in total. The molecule has 0 radical (unpaired) electrons. The van der Waals surface area contributed by atoms with Crippen molar-refractivity contribution in [1.29, 1.82) is 0 Å². The van der Waals surface area contributed by atoms with E-state index in [4.69, 9.17) is 21.3 Å². The zero-order chi connectivity index (χ0) is 31.0. The molecule has 2 aromatic carbocycles. The fourth-order valence-electron chi connectivity index (χ4n) is 6.59. The Morgan fingerprint density at radius 3 is 2.21 bits per heavy atom. The first kappa shape index (κ1) is 32.2. The van der Waals surface area contributed by atoms with Gasteiger partial charge in [-0.2, -0.15) is 0 Å². The van der Waals surface area contributed by atoms with Crippen molar-refractivity contribution >= 4 is 42.3 Å². The normalized spacial score (nSPS) is 14.8. The summed E-state index contributed by atoms with van der Waals surface area (Å²) in [5.74, 6) is 5.05. The number of aromatic nitrogens is 2. The van der Waals surface area contributed by atoms with Crippen LogP contribution >= 0.6 is 11.6 Å². The molecule has 1 aliphatic rings. The molecule has 4 rings (SSSR count). The number of ether oxygens (including phenoxy) is 1. The number of anilines is 1. The van der Waals surface area contributed by atoms with Crippen LogP contribution in [0.2, 0.25) is 21.6 Å². The molecule has 42 heavy (non-hydrogen) atoms. The minimum Gasteiger partial charge on any atom is -0.492 e. The third kappa shape index (κ3) is 6.43. The summed E-state index contributed by atoms with van der Waals surface area (Å²) in [5.41, 5.74) is 7.15. The molecular weight excluding hydrogens is 558 g/mol. The van der Waals surface area contributed by atoms with Gasteiger partial charge in [-0.25, -0.2) is 4.98 Å². The lowest BCUT2D eigenvalue weighted by molar-refractivity contribution is -0.114. The quantitative estimate of drug-likeness (QED) is 0.180. The Bertz CT molecular complexity index is 1470. The maximum Gasteiger partial charge on any atom is 0.303 e. The summed E-state index contributed by atoms with van der Waals surface area (Å²) in [6, 6.07) is 13.4. The van der Waals surface area contributed by atoms with Gasteiger partial charge in [0.15, 0.2) is 0 Å². The van der Waals surface area contributed by atoms with E-state index in [0.29, 0.717) is 45.6 Å². The molecule has 0 aliphatic heterocycles. The smallest absolute Gasteiger partial charge is 0.303 e. The molecule has 1 aliphatic carbocycles. The lowest BCUT2D eigenvalue weighted by Gasteiger charge is -2.40. The van der Waals surface area contributed by atoms with Crippen LogP contribution in [0, 0.1) is 22.8 Å². The maximum atomic E-state index is 14.5. The van der Waals surface area contributed by atoms with Crippen LogP contribution in [0.25, 0.3) is 11.0 Å². The zero-order valence-electron chi connectivity index (χ0n) is 27.1. The van der Waals surface area contributed by atoms with Crippen LogP contribution in [-0.2, 0) is 11.8 Å². The van der Waals surface area contributed by atoms with Gasteiger partial charge >= 0.3 is 5.91 Å². The molecule has 226 valence electrons. The average Bonchev–Trinajstić information content (AvgIpc) is 3.68. The second-order valence-corrected chi connectivity index (χ2v) is 20.0. The lowest BCUT2D eigenvalue weighted by Crippen LogP contribution is -2.45. The molecule has 1 fully saturated rings. The van der Waals surface area contributed by atoms with Gasteiger partial charge in [0, 0.05) is 12.7 Å². The molecule has 0 saturated heterocycles. The first-order valence-electron chi connectivity index (χ1n) is 15.4. The fraction of sp³-hybridized carbons (Fsp3) is 0.543. The number of benzene rings is 2. The highest BCUT2D eigenvalue weighted by molar-refractivity contribution is 6.90. The van der Waals surface area contributed by atoms with Gasteiger partial charge in [0.1, 0.15) is 25.7 Å². The molecule has 1 aromatic heterocycles. The Labute approximate surface area is 259 Å². The minimum absolute atomic E-state index is 0.233. The SMILES string of the molecule is CC(C)[Si](C#CC(=O)N(c1ccc(OCC2CC2)c(Cl)c1)C(c1nc2ccccc2n1C)C(C)(C)C)(C(C)C)C(C)C. The molecule has 0 spiro atoms. The van der Waals surface area contributed by atoms with Gasteiger partial charge in [0.25, 0.3) is 0 Å². The number of aryl methyl sites for hydroxylation is 1. The van der Waals surface area contributed by atoms with Crippen molar-refractivity contribution in [3.63, 3.8) is 0 Å². The van der Waals surface area contributed by atoms with Gasteiger partial charge in [0.2, 0.25) is 0 Å². The maximum absolute atomic E-state index is 14.5. The number of imidazole rings is 1. The van der Waals surface area contributed by atoms with Gasteiger partial charge in [-0.1, -0.05) is 86.0 Å². The van der Waals surface area contributed by atoms with Gasteiger partial charge in [0.05, 0.1) is 22.7 Å². The summed E-state index contributed by atoms with van der Waals surface area (Å²) in [5, 5.41) is 0.492. The number of amides is 1. The number of hydrogen-bond donors (Lipinski definition) is 0. The van der Waals surface area contributed by atoms with E-state index in [1.807, 2.05) is 48.3 Å². The van der Waals surface area contributed by atoms with Crippen molar-refractivity contribution in [3.05, 3.63) is 53.3 Å². The lowest BCUT2D eigenvalue weighted by atomic mass is 9.84. The van der Waals surface area contributed by atoms with E-state index in [0.717, 1.165) is 16.9 Å². The predicted octanol–water partition coefficient (Wildman–Crippen LogP) is 9.36. The molecule has 0 bridgehead atoms. The number of hydrogen-bond acceptors (Lipinski definition) is 3. The van der Waals surface area contributed by atoms with Gasteiger partial charge < -0.3 is 9.30 Å². The first-order chi connectivity index (χ1) is 19.7. The van der Waals surface area contributed by atoms with Gasteiger partial charge in [-0.3, -0.25) is 9.69 Å². The van der Waals surface area contributed by atoms with Crippen LogP contribution in [0.1, 0.15) is 87.0 Å². The third-order valence-electron chi connectivity index (χ3n) is 8.98. The summed E-state index contributed by atoms with van der Waals surface area (Å²) < 4.78 is 8.12. The van der Waals surface area contributed by atoms with Crippen molar-refractivity contribution in [2.75, 3.05) is 11.5 Å². The Balaban J connectivity index is 1.89. The summed E-state index contributed by atoms with van der Waals surface area (Å²) in [6.45, 7) is 20.7. The van der Waals surface area contributed by atoms with Crippen molar-refractivity contribution in [2.45, 2.75) is 97.8 Å². The number of para-hydroxylation sites is 2. The van der Waals surface area contributed by atoms with Crippen molar-refractivity contribution in [1.82, 2.24) is 9.55 Å². The van der Waals surface area contributed by atoms with E-state index in [2.05, 4.69) is 84.4 Å². The Kier molecular flexibility index (Phi) is 9.55. The highest BCUT2D eigenvalue weighted by Gasteiger charge is 2.43. The Morgan fingerprint density at radius 2 is 1.69 bits per heavy atom. The van der Waals surface area contributed by atoms with Crippen molar-refractivity contribution in [2.24, 2.45) is 18.4 Å². The number of carbonyl (C=O) groups excluding carboxylic acids is 1. The molecule has 7 heteroatoms. The summed E-state index contributed by atoms with van der Waals surface area (Å²) in [4.78, 5) is 21.4. The van der Waals surface area contributed by atoms with Crippen LogP contribution in [0.4, 0.5) is 5.69 Å². The third-order valence-corrected chi connectivity index (χ3v) is 15.6. The van der Waals surface area contributed by atoms with Crippen LogP contribution in [-0.4, -0.2) is 30.1 Å². The molecule has 3 aromatic rings. The Hall–Kier alpha value is -2.75. The van der Waals surface area contributed by atoms with Crippen LogP contribution < -0.4 is 9.64 Å². The summed E-state index contributed by atoms with van der Waals surface area (Å²) >= 11 is 6.80. The number of fused-ring (bicyclic) bond motifs is 1. The molecular formula is C35H48ClN3O2Si. The molecule has 1 heterocycles. The van der Waals surface area contributed by atoms with Crippen molar-refractivity contribution in [3.8, 4) is 17.2 Å². The molecule has 1 amide bonds. The largest absolute Gasteiger partial charge is 0.492 e. The highest BCUT2D eigenvalue weighted by Crippen LogP contribution is 2.44. The van der Waals surface area contributed by atoms with Crippen LogP contribution in [0.15, 0.2) is 42.5 Å². The van der Waals surface area contributed by atoms with Crippen LogP contribution in [0.3, 0.4) is 0 Å². The predicted molar refractivity (Wildman–Crippen MR) is 179 cm³/mol. The summed E-state index contributed by atoms with van der Waals surface area (Å²) in [7, 11) is -0.124. The molecule has 1 unspecified atom stereocenters.